The van der Waals surface area contributed by atoms with E-state index in [2.05, 4.69) is 17.4 Å². The van der Waals surface area contributed by atoms with E-state index in [1.165, 1.54) is 0 Å². The van der Waals surface area contributed by atoms with E-state index in [-0.39, 0.29) is 11.8 Å². The molecule has 1 fully saturated rings. The number of carbonyl (C=O) groups is 1. The van der Waals surface area contributed by atoms with Crippen LogP contribution in [0.5, 0.6) is 0 Å². The Kier molecular flexibility index (Phi) is 4.65. The lowest BCUT2D eigenvalue weighted by molar-refractivity contribution is -0.129. The van der Waals surface area contributed by atoms with Crippen molar-refractivity contribution in [3.8, 4) is 0 Å². The number of piperazine rings is 1. The maximum absolute atomic E-state index is 11.5. The predicted molar refractivity (Wildman–Crippen MR) is 57.1 cm³/mol. The maximum atomic E-state index is 11.5. The average Bonchev–Trinajstić information content (AvgIpc) is 2.20. The zero-order valence-corrected chi connectivity index (χ0v) is 9.55. The highest BCUT2D eigenvalue weighted by Crippen LogP contribution is 2.00. The molecule has 1 heterocycles. The second-order valence-electron chi connectivity index (χ2n) is 3.82. The van der Waals surface area contributed by atoms with Crippen molar-refractivity contribution in [2.24, 2.45) is 5.92 Å². The number of halogens is 1. The molecule has 1 N–H and O–H groups in total. The lowest BCUT2D eigenvalue weighted by Gasteiger charge is -2.32. The van der Waals surface area contributed by atoms with Crippen LogP contribution in [0.25, 0.3) is 0 Å². The molecule has 0 saturated carbocycles. The molecule has 1 rings (SSSR count). The Morgan fingerprint density at radius 1 is 1.43 bits per heavy atom. The molecule has 1 aliphatic heterocycles. The Morgan fingerprint density at radius 3 is 2.50 bits per heavy atom. The smallest absolute Gasteiger partial charge is 0.238 e. The summed E-state index contributed by atoms with van der Waals surface area (Å²) in [5.41, 5.74) is 2.87. The largest absolute Gasteiger partial charge is 0.304 e. The first-order valence-electron chi connectivity index (χ1n) is 4.93. The Bertz CT molecular complexity index is 192. The molecule has 0 aromatic rings. The molecule has 0 spiro atoms. The van der Waals surface area contributed by atoms with E-state index >= 15 is 0 Å². The molecule has 4 nitrogen and oxygen atoms in total. The summed E-state index contributed by atoms with van der Waals surface area (Å²) in [6, 6.07) is 0. The van der Waals surface area contributed by atoms with Crippen molar-refractivity contribution >= 4 is 17.5 Å². The minimum Gasteiger partial charge on any atom is -0.304 e. The lowest BCUT2D eigenvalue weighted by atomic mass is 10.2. The van der Waals surface area contributed by atoms with Gasteiger partial charge in [-0.1, -0.05) is 6.92 Å². The highest BCUT2D eigenvalue weighted by Gasteiger charge is 2.18. The van der Waals surface area contributed by atoms with Crippen molar-refractivity contribution < 1.29 is 4.79 Å². The third kappa shape index (κ3) is 3.44. The zero-order chi connectivity index (χ0) is 10.6. The van der Waals surface area contributed by atoms with Crippen LogP contribution in [-0.4, -0.2) is 54.9 Å². The van der Waals surface area contributed by atoms with Crippen molar-refractivity contribution in [1.82, 2.24) is 15.3 Å². The fourth-order valence-electron chi connectivity index (χ4n) is 1.25. The zero-order valence-electron chi connectivity index (χ0n) is 8.79. The summed E-state index contributed by atoms with van der Waals surface area (Å²) < 4.78 is 0. The molecule has 0 bridgehead atoms. The van der Waals surface area contributed by atoms with Gasteiger partial charge >= 0.3 is 0 Å². The summed E-state index contributed by atoms with van der Waals surface area (Å²) in [4.78, 5) is 13.7. The van der Waals surface area contributed by atoms with Crippen LogP contribution in [0.4, 0.5) is 0 Å². The van der Waals surface area contributed by atoms with Gasteiger partial charge in [-0.05, 0) is 7.05 Å². The SMILES string of the molecule is CC(CCl)C(=O)NN1CCN(C)CC1. The van der Waals surface area contributed by atoms with Crippen molar-refractivity contribution in [3.05, 3.63) is 0 Å². The van der Waals surface area contributed by atoms with Gasteiger partial charge in [-0.3, -0.25) is 10.2 Å². The fraction of sp³-hybridized carbons (Fsp3) is 0.889. The number of hydrogen-bond donors (Lipinski definition) is 1. The van der Waals surface area contributed by atoms with Gasteiger partial charge in [0.1, 0.15) is 0 Å². The maximum Gasteiger partial charge on any atom is 0.238 e. The molecule has 1 atom stereocenters. The summed E-state index contributed by atoms with van der Waals surface area (Å²) in [6.45, 7) is 5.60. The molecule has 0 aliphatic carbocycles. The van der Waals surface area contributed by atoms with Crippen molar-refractivity contribution in [3.63, 3.8) is 0 Å². The van der Waals surface area contributed by atoms with Gasteiger partial charge in [0.2, 0.25) is 5.91 Å². The van der Waals surface area contributed by atoms with Crippen molar-refractivity contribution in [1.29, 1.82) is 0 Å². The molecule has 14 heavy (non-hydrogen) atoms. The van der Waals surface area contributed by atoms with Crippen LogP contribution in [0, 0.1) is 5.92 Å². The minimum atomic E-state index is -0.115. The van der Waals surface area contributed by atoms with Gasteiger partial charge in [0, 0.05) is 38.0 Å². The quantitative estimate of drug-likeness (QED) is 0.686. The van der Waals surface area contributed by atoms with E-state index in [1.54, 1.807) is 0 Å². The van der Waals surface area contributed by atoms with Gasteiger partial charge in [-0.2, -0.15) is 0 Å². The third-order valence-corrected chi connectivity index (χ3v) is 2.91. The molecule has 1 saturated heterocycles. The number of nitrogens with zero attached hydrogens (tertiary/aromatic N) is 2. The molecule has 0 aromatic heterocycles. The van der Waals surface area contributed by atoms with Crippen molar-refractivity contribution in [2.75, 3.05) is 39.1 Å². The third-order valence-electron chi connectivity index (χ3n) is 2.45. The van der Waals surface area contributed by atoms with Crippen LogP contribution in [0.3, 0.4) is 0 Å². The molecular weight excluding hydrogens is 202 g/mol. The number of alkyl halides is 1. The number of hydrazine groups is 1. The van der Waals surface area contributed by atoms with Gasteiger partial charge < -0.3 is 4.90 Å². The Balaban J connectivity index is 2.27. The first-order valence-corrected chi connectivity index (χ1v) is 5.47. The lowest BCUT2D eigenvalue weighted by Crippen LogP contribution is -2.53. The fourth-order valence-corrected chi connectivity index (χ4v) is 1.39. The standard InChI is InChI=1S/C9H18ClN3O/c1-8(7-10)9(14)11-13-5-3-12(2)4-6-13/h8H,3-7H2,1-2H3,(H,11,14). The first-order chi connectivity index (χ1) is 6.63. The Morgan fingerprint density at radius 2 is 2.00 bits per heavy atom. The van der Waals surface area contributed by atoms with Crippen LogP contribution in [0.15, 0.2) is 0 Å². The van der Waals surface area contributed by atoms with Gasteiger partial charge in [0.15, 0.2) is 0 Å². The van der Waals surface area contributed by atoms with E-state index in [4.69, 9.17) is 11.6 Å². The average molecular weight is 220 g/mol. The highest BCUT2D eigenvalue weighted by atomic mass is 35.5. The molecule has 1 amide bonds. The monoisotopic (exact) mass is 219 g/mol. The minimum absolute atomic E-state index is 0.0181. The van der Waals surface area contributed by atoms with E-state index < -0.39 is 0 Å². The first kappa shape index (κ1) is 11.8. The van der Waals surface area contributed by atoms with Gasteiger partial charge in [-0.15, -0.1) is 11.6 Å². The van der Waals surface area contributed by atoms with Gasteiger partial charge in [-0.25, -0.2) is 5.01 Å². The normalized spacial score (nSPS) is 21.9. The topological polar surface area (TPSA) is 35.6 Å². The highest BCUT2D eigenvalue weighted by molar-refractivity contribution is 6.19. The van der Waals surface area contributed by atoms with Gasteiger partial charge in [0.25, 0.3) is 0 Å². The predicted octanol–water partition coefficient (Wildman–Crippen LogP) is 0.140. The van der Waals surface area contributed by atoms with Crippen LogP contribution in [0.1, 0.15) is 6.92 Å². The van der Waals surface area contributed by atoms with Crippen LogP contribution >= 0.6 is 11.6 Å². The Hall–Kier alpha value is -0.320. The second-order valence-corrected chi connectivity index (χ2v) is 4.13. The molecular formula is C9H18ClN3O. The van der Waals surface area contributed by atoms with E-state index in [0.717, 1.165) is 26.2 Å². The van der Waals surface area contributed by atoms with Crippen molar-refractivity contribution in [2.45, 2.75) is 6.92 Å². The number of carbonyl (C=O) groups excluding carboxylic acids is 1. The van der Waals surface area contributed by atoms with E-state index in [0.29, 0.717) is 5.88 Å². The molecule has 0 radical (unpaired) electrons. The second kappa shape index (κ2) is 5.53. The summed E-state index contributed by atoms with van der Waals surface area (Å²) in [5.74, 6) is 0.278. The summed E-state index contributed by atoms with van der Waals surface area (Å²) in [7, 11) is 2.08. The molecule has 0 aromatic carbocycles. The number of hydrogen-bond acceptors (Lipinski definition) is 3. The van der Waals surface area contributed by atoms with Crippen LogP contribution < -0.4 is 5.43 Å². The molecule has 1 aliphatic rings. The van der Waals surface area contributed by atoms with E-state index in [9.17, 15) is 4.79 Å². The summed E-state index contributed by atoms with van der Waals surface area (Å²) in [6.07, 6.45) is 0. The number of likely N-dealkylation sites (N-methyl/N-ethyl adjacent to an activating group) is 1. The summed E-state index contributed by atoms with van der Waals surface area (Å²) >= 11 is 5.60. The van der Waals surface area contributed by atoms with E-state index in [1.807, 2.05) is 11.9 Å². The number of amides is 1. The van der Waals surface area contributed by atoms with Crippen LogP contribution in [-0.2, 0) is 4.79 Å². The molecule has 5 heteroatoms. The molecule has 1 unspecified atom stereocenters. The number of nitrogens with one attached hydrogen (secondary N) is 1. The van der Waals surface area contributed by atoms with Crippen LogP contribution in [0.2, 0.25) is 0 Å². The molecule has 82 valence electrons. The number of rotatable bonds is 3. The summed E-state index contributed by atoms with van der Waals surface area (Å²) in [5, 5.41) is 1.96. The Labute approximate surface area is 90.2 Å². The van der Waals surface area contributed by atoms with Gasteiger partial charge in [0.05, 0.1) is 0 Å².